The molecule has 19 heavy (non-hydrogen) atoms. The number of hydrogen-bond donors (Lipinski definition) is 4. The Kier molecular flexibility index (Phi) is 4.48. The first-order chi connectivity index (χ1) is 9.15. The molecule has 0 radical (unpaired) electrons. The number of ether oxygens (including phenoxy) is 1. The fraction of sp³-hybridized carbons (Fsp3) is 0.636. The zero-order valence-electron chi connectivity index (χ0n) is 10.3. The molecule has 1 fully saturated rings. The van der Waals surface area contributed by atoms with Crippen molar-refractivity contribution in [2.75, 3.05) is 25.1 Å². The van der Waals surface area contributed by atoms with Crippen LogP contribution in [0.15, 0.2) is 17.1 Å². The molecule has 0 bridgehead atoms. The van der Waals surface area contributed by atoms with Gasteiger partial charge in [0.2, 0.25) is 0 Å². The number of nitrogens with zero attached hydrogens (tertiary/aromatic N) is 2. The van der Waals surface area contributed by atoms with Crippen molar-refractivity contribution in [1.29, 1.82) is 0 Å². The molecule has 0 unspecified atom stereocenters. The Labute approximate surface area is 109 Å². The monoisotopic (exact) mass is 271 g/mol. The first-order valence-electron chi connectivity index (χ1n) is 6.04. The van der Waals surface area contributed by atoms with Gasteiger partial charge >= 0.3 is 5.69 Å². The van der Waals surface area contributed by atoms with Gasteiger partial charge < -0.3 is 25.4 Å². The highest BCUT2D eigenvalue weighted by atomic mass is 16.5. The van der Waals surface area contributed by atoms with E-state index in [0.29, 0.717) is 12.4 Å². The third-order valence-electron chi connectivity index (χ3n) is 2.94. The smallest absolute Gasteiger partial charge is 0.351 e. The van der Waals surface area contributed by atoms with Gasteiger partial charge in [-0.05, 0) is 6.07 Å². The van der Waals surface area contributed by atoms with Gasteiger partial charge in [-0.15, -0.1) is 0 Å². The molecule has 2 heterocycles. The second kappa shape index (κ2) is 6.11. The van der Waals surface area contributed by atoms with Crippen LogP contribution in [0.2, 0.25) is 0 Å². The van der Waals surface area contributed by atoms with E-state index in [4.69, 9.17) is 14.9 Å². The quantitative estimate of drug-likeness (QED) is 0.503. The molecule has 8 nitrogen and oxygen atoms in total. The first kappa shape index (κ1) is 13.9. The van der Waals surface area contributed by atoms with Crippen LogP contribution in [0.3, 0.4) is 0 Å². The van der Waals surface area contributed by atoms with Crippen LogP contribution in [0.4, 0.5) is 5.82 Å². The summed E-state index contributed by atoms with van der Waals surface area (Å²) in [5.41, 5.74) is -0.515. The lowest BCUT2D eigenvalue weighted by molar-refractivity contribution is -0.0458. The number of anilines is 1. The molecule has 0 amide bonds. The number of aliphatic hydroxyl groups is 3. The number of hydrogen-bond acceptors (Lipinski definition) is 7. The van der Waals surface area contributed by atoms with Gasteiger partial charge in [0.1, 0.15) is 18.1 Å². The summed E-state index contributed by atoms with van der Waals surface area (Å²) in [6.45, 7) is -0.0431. The van der Waals surface area contributed by atoms with Gasteiger partial charge in [-0.1, -0.05) is 0 Å². The summed E-state index contributed by atoms with van der Waals surface area (Å²) in [5, 5.41) is 30.1. The zero-order chi connectivity index (χ0) is 13.8. The molecule has 106 valence electrons. The Bertz CT molecular complexity index is 478. The van der Waals surface area contributed by atoms with Crippen LogP contribution in [0.1, 0.15) is 12.6 Å². The molecule has 0 spiro atoms. The van der Waals surface area contributed by atoms with Crippen LogP contribution < -0.4 is 11.0 Å². The summed E-state index contributed by atoms with van der Waals surface area (Å²) in [5.74, 6) is 0.368. The number of rotatable bonds is 5. The molecular formula is C11H17N3O5. The third-order valence-corrected chi connectivity index (χ3v) is 2.94. The largest absolute Gasteiger partial charge is 0.395 e. The molecule has 1 aromatic rings. The van der Waals surface area contributed by atoms with E-state index in [-0.39, 0.29) is 19.6 Å². The Morgan fingerprint density at radius 2 is 2.32 bits per heavy atom. The van der Waals surface area contributed by atoms with Crippen molar-refractivity contribution in [3.05, 3.63) is 22.7 Å². The highest BCUT2D eigenvalue weighted by Gasteiger charge is 2.34. The zero-order valence-corrected chi connectivity index (χ0v) is 10.3. The molecule has 0 saturated carbocycles. The van der Waals surface area contributed by atoms with Gasteiger partial charge in [-0.25, -0.2) is 4.79 Å². The fourth-order valence-corrected chi connectivity index (χ4v) is 1.96. The van der Waals surface area contributed by atoms with Crippen molar-refractivity contribution in [2.45, 2.75) is 24.9 Å². The summed E-state index contributed by atoms with van der Waals surface area (Å²) in [7, 11) is 0. The van der Waals surface area contributed by atoms with Crippen LogP contribution in [-0.4, -0.2) is 56.8 Å². The topological polar surface area (TPSA) is 117 Å². The maximum atomic E-state index is 11.8. The van der Waals surface area contributed by atoms with Crippen LogP contribution in [0.25, 0.3) is 0 Å². The van der Waals surface area contributed by atoms with E-state index in [0.717, 1.165) is 0 Å². The van der Waals surface area contributed by atoms with Crippen LogP contribution in [0.5, 0.6) is 0 Å². The minimum atomic E-state index is -0.797. The summed E-state index contributed by atoms with van der Waals surface area (Å²) in [4.78, 5) is 15.6. The van der Waals surface area contributed by atoms with E-state index in [9.17, 15) is 9.90 Å². The van der Waals surface area contributed by atoms with Crippen molar-refractivity contribution in [2.24, 2.45) is 0 Å². The van der Waals surface area contributed by atoms with Gasteiger partial charge in [-0.2, -0.15) is 4.98 Å². The normalized spacial score (nSPS) is 26.6. The van der Waals surface area contributed by atoms with Gasteiger partial charge in [-0.3, -0.25) is 4.57 Å². The van der Waals surface area contributed by atoms with Crippen molar-refractivity contribution in [3.63, 3.8) is 0 Å². The highest BCUT2D eigenvalue weighted by molar-refractivity contribution is 5.31. The molecule has 0 aromatic carbocycles. The lowest BCUT2D eigenvalue weighted by atomic mass is 10.2. The van der Waals surface area contributed by atoms with E-state index in [2.05, 4.69) is 10.3 Å². The predicted octanol–water partition coefficient (Wildman–Crippen LogP) is -1.71. The summed E-state index contributed by atoms with van der Waals surface area (Å²) in [6.07, 6.45) is -0.361. The maximum absolute atomic E-state index is 11.8. The standard InChI is InChI=1S/C11H17N3O5/c15-4-2-12-9-1-3-14(11(18)13-9)10-5-7(17)8(6-16)19-10/h1,3,7-8,10,15-17H,2,4-6H2,(H,12,13,18)/t7-,8+,10+/m0/s1. The van der Waals surface area contributed by atoms with Crippen molar-refractivity contribution < 1.29 is 20.1 Å². The minimum Gasteiger partial charge on any atom is -0.395 e. The average molecular weight is 271 g/mol. The average Bonchev–Trinajstić information content (AvgIpc) is 2.77. The van der Waals surface area contributed by atoms with Crippen molar-refractivity contribution in [3.8, 4) is 0 Å². The second-order valence-electron chi connectivity index (χ2n) is 4.27. The molecular weight excluding hydrogens is 254 g/mol. The third kappa shape index (κ3) is 3.10. The van der Waals surface area contributed by atoms with Crippen molar-refractivity contribution >= 4 is 5.82 Å². The SMILES string of the molecule is O=c1nc(NCCO)ccn1[C@H]1C[C@H](O)[C@@H](CO)O1. The molecule has 1 aliphatic rings. The van der Waals surface area contributed by atoms with E-state index < -0.39 is 24.1 Å². The molecule has 1 saturated heterocycles. The number of nitrogens with one attached hydrogen (secondary N) is 1. The van der Waals surface area contributed by atoms with E-state index in [1.165, 1.54) is 10.8 Å². The molecule has 2 rings (SSSR count). The summed E-state index contributed by atoms with van der Waals surface area (Å²) < 4.78 is 6.64. The van der Waals surface area contributed by atoms with Crippen LogP contribution in [-0.2, 0) is 4.74 Å². The lowest BCUT2D eigenvalue weighted by Crippen LogP contribution is -2.28. The summed E-state index contributed by atoms with van der Waals surface area (Å²) in [6, 6.07) is 1.58. The van der Waals surface area contributed by atoms with Gasteiger partial charge in [0.15, 0.2) is 0 Å². The van der Waals surface area contributed by atoms with Crippen LogP contribution in [0, 0.1) is 0 Å². The summed E-state index contributed by atoms with van der Waals surface area (Å²) >= 11 is 0. The van der Waals surface area contributed by atoms with E-state index in [1.807, 2.05) is 0 Å². The van der Waals surface area contributed by atoms with Gasteiger partial charge in [0, 0.05) is 19.2 Å². The Morgan fingerprint density at radius 1 is 1.53 bits per heavy atom. The highest BCUT2D eigenvalue weighted by Crippen LogP contribution is 2.27. The molecule has 1 aliphatic heterocycles. The Hall–Kier alpha value is -1.48. The van der Waals surface area contributed by atoms with E-state index >= 15 is 0 Å². The molecule has 0 aliphatic carbocycles. The van der Waals surface area contributed by atoms with Crippen molar-refractivity contribution in [1.82, 2.24) is 9.55 Å². The first-order valence-corrected chi connectivity index (χ1v) is 6.04. The molecule has 8 heteroatoms. The minimum absolute atomic E-state index is 0.0547. The fourth-order valence-electron chi connectivity index (χ4n) is 1.96. The Balaban J connectivity index is 2.11. The lowest BCUT2D eigenvalue weighted by Gasteiger charge is -2.14. The van der Waals surface area contributed by atoms with E-state index in [1.54, 1.807) is 6.07 Å². The molecule has 3 atom stereocenters. The molecule has 1 aromatic heterocycles. The number of aromatic nitrogens is 2. The Morgan fingerprint density at radius 3 is 2.89 bits per heavy atom. The predicted molar refractivity (Wildman–Crippen MR) is 65.7 cm³/mol. The molecule has 4 N–H and O–H groups in total. The number of aliphatic hydroxyl groups excluding tert-OH is 3. The maximum Gasteiger partial charge on any atom is 0.351 e. The van der Waals surface area contributed by atoms with Crippen LogP contribution >= 0.6 is 0 Å². The van der Waals surface area contributed by atoms with Gasteiger partial charge in [0.05, 0.1) is 19.3 Å². The second-order valence-corrected chi connectivity index (χ2v) is 4.27. The van der Waals surface area contributed by atoms with Gasteiger partial charge in [0.25, 0.3) is 0 Å².